The predicted molar refractivity (Wildman–Crippen MR) is 74.4 cm³/mol. The normalized spacial score (nSPS) is 54.8. The van der Waals surface area contributed by atoms with E-state index in [-0.39, 0.29) is 0 Å². The van der Waals surface area contributed by atoms with Gasteiger partial charge in [-0.05, 0) is 74.8 Å². The van der Waals surface area contributed by atoms with Crippen LogP contribution in [0.3, 0.4) is 0 Å². The van der Waals surface area contributed by atoms with E-state index in [9.17, 15) is 0 Å². The van der Waals surface area contributed by atoms with Crippen LogP contribution >= 0.6 is 0 Å². The molecule has 0 aromatic rings. The molecule has 7 unspecified atom stereocenters. The van der Waals surface area contributed by atoms with E-state index >= 15 is 0 Å². The van der Waals surface area contributed by atoms with Crippen LogP contribution < -0.4 is 10.6 Å². The summed E-state index contributed by atoms with van der Waals surface area (Å²) in [5.41, 5.74) is 0. The second-order valence-corrected chi connectivity index (χ2v) is 7.50. The topological polar surface area (TPSA) is 24.1 Å². The van der Waals surface area contributed by atoms with E-state index in [4.69, 9.17) is 0 Å². The van der Waals surface area contributed by atoms with Gasteiger partial charge in [-0.15, -0.1) is 0 Å². The van der Waals surface area contributed by atoms with Gasteiger partial charge < -0.3 is 10.6 Å². The van der Waals surface area contributed by atoms with Crippen molar-refractivity contribution in [1.29, 1.82) is 0 Å². The number of hydrogen-bond donors (Lipinski definition) is 2. The number of piperidine rings is 1. The van der Waals surface area contributed by atoms with Gasteiger partial charge in [0.2, 0.25) is 0 Å². The Bertz CT molecular complexity index is 316. The van der Waals surface area contributed by atoms with Gasteiger partial charge in [-0.3, -0.25) is 0 Å². The van der Waals surface area contributed by atoms with Crippen molar-refractivity contribution in [3.05, 3.63) is 0 Å². The summed E-state index contributed by atoms with van der Waals surface area (Å²) in [6, 6.07) is 1.66. The molecule has 2 bridgehead atoms. The highest BCUT2D eigenvalue weighted by atomic mass is 15.0. The lowest BCUT2D eigenvalue weighted by Gasteiger charge is -2.38. The average molecular weight is 248 g/mol. The maximum Gasteiger partial charge on any atom is 0.0120 e. The summed E-state index contributed by atoms with van der Waals surface area (Å²) in [5, 5.41) is 7.59. The van der Waals surface area contributed by atoms with Gasteiger partial charge in [0.1, 0.15) is 0 Å². The number of rotatable bonds is 2. The van der Waals surface area contributed by atoms with Crippen LogP contribution in [-0.4, -0.2) is 25.2 Å². The van der Waals surface area contributed by atoms with Gasteiger partial charge in [0.15, 0.2) is 0 Å². The highest BCUT2D eigenvalue weighted by molar-refractivity contribution is 5.06. The first-order valence-electron chi connectivity index (χ1n) is 8.29. The monoisotopic (exact) mass is 248 g/mol. The average Bonchev–Trinajstić information content (AvgIpc) is 3.03. The van der Waals surface area contributed by atoms with E-state index in [0.29, 0.717) is 0 Å². The maximum atomic E-state index is 4.07. The van der Waals surface area contributed by atoms with Crippen LogP contribution in [0.4, 0.5) is 0 Å². The second-order valence-electron chi connectivity index (χ2n) is 7.50. The van der Waals surface area contributed by atoms with Crippen LogP contribution in [0.25, 0.3) is 0 Å². The van der Waals surface area contributed by atoms with Gasteiger partial charge in [-0.25, -0.2) is 0 Å². The van der Waals surface area contributed by atoms with Gasteiger partial charge in [-0.1, -0.05) is 13.3 Å². The molecular weight excluding hydrogens is 220 g/mol. The third-order valence-corrected chi connectivity index (χ3v) is 6.64. The van der Waals surface area contributed by atoms with Crippen molar-refractivity contribution in [2.75, 3.05) is 13.1 Å². The Morgan fingerprint density at radius 1 is 0.944 bits per heavy atom. The number of fused-ring (bicyclic) bond motifs is 5. The van der Waals surface area contributed by atoms with Crippen molar-refractivity contribution in [2.45, 2.75) is 57.5 Å². The van der Waals surface area contributed by atoms with Crippen LogP contribution in [-0.2, 0) is 0 Å². The zero-order valence-corrected chi connectivity index (χ0v) is 11.7. The molecule has 0 aromatic heterocycles. The van der Waals surface area contributed by atoms with Crippen molar-refractivity contribution >= 4 is 0 Å². The molecule has 3 aliphatic carbocycles. The minimum atomic E-state index is 0.787. The van der Waals surface area contributed by atoms with Gasteiger partial charge in [0, 0.05) is 12.1 Å². The first-order chi connectivity index (χ1) is 8.83. The number of nitrogens with one attached hydrogen (secondary N) is 2. The van der Waals surface area contributed by atoms with Crippen molar-refractivity contribution in [1.82, 2.24) is 10.6 Å². The molecule has 4 aliphatic rings. The van der Waals surface area contributed by atoms with Gasteiger partial charge >= 0.3 is 0 Å². The zero-order chi connectivity index (χ0) is 12.1. The van der Waals surface area contributed by atoms with Crippen molar-refractivity contribution in [3.63, 3.8) is 0 Å². The first kappa shape index (κ1) is 11.7. The summed E-state index contributed by atoms with van der Waals surface area (Å²) in [6.07, 6.45) is 9.03. The predicted octanol–water partition coefficient (Wildman–Crippen LogP) is 2.40. The summed E-state index contributed by atoms with van der Waals surface area (Å²) >= 11 is 0. The van der Waals surface area contributed by atoms with Crippen molar-refractivity contribution in [2.24, 2.45) is 29.6 Å². The van der Waals surface area contributed by atoms with E-state index in [2.05, 4.69) is 17.6 Å². The Balaban J connectivity index is 1.41. The highest BCUT2D eigenvalue weighted by Crippen LogP contribution is 2.58. The molecule has 102 valence electrons. The molecule has 1 heterocycles. The lowest BCUT2D eigenvalue weighted by atomic mass is 9.78. The molecule has 4 rings (SSSR count). The van der Waals surface area contributed by atoms with Crippen LogP contribution in [0, 0.1) is 29.6 Å². The van der Waals surface area contributed by atoms with Gasteiger partial charge in [0.05, 0.1) is 0 Å². The molecule has 2 heteroatoms. The largest absolute Gasteiger partial charge is 0.316 e. The van der Waals surface area contributed by atoms with E-state index in [1.54, 1.807) is 19.3 Å². The van der Waals surface area contributed by atoms with E-state index in [1.165, 1.54) is 32.4 Å². The molecule has 0 aromatic carbocycles. The Kier molecular flexibility index (Phi) is 2.92. The number of hydrogen-bond acceptors (Lipinski definition) is 2. The lowest BCUT2D eigenvalue weighted by Crippen LogP contribution is -2.52. The fraction of sp³-hybridized carbons (Fsp3) is 1.00. The smallest absolute Gasteiger partial charge is 0.0120 e. The molecule has 3 saturated carbocycles. The molecule has 2 nitrogen and oxygen atoms in total. The van der Waals surface area contributed by atoms with Crippen LogP contribution in [0.15, 0.2) is 0 Å². The van der Waals surface area contributed by atoms with E-state index in [1.807, 2.05) is 0 Å². The van der Waals surface area contributed by atoms with Crippen molar-refractivity contribution in [3.8, 4) is 0 Å². The molecule has 7 atom stereocenters. The molecule has 0 amide bonds. The van der Waals surface area contributed by atoms with Crippen LogP contribution in [0.1, 0.15) is 45.4 Å². The second kappa shape index (κ2) is 4.49. The summed E-state index contributed by atoms with van der Waals surface area (Å²) < 4.78 is 0. The quantitative estimate of drug-likeness (QED) is 0.784. The SMILES string of the molecule is CC1CNCCC1NC1CC2CC1C1CCCC21. The first-order valence-corrected chi connectivity index (χ1v) is 8.29. The molecule has 0 spiro atoms. The third-order valence-electron chi connectivity index (χ3n) is 6.64. The molecule has 2 N–H and O–H groups in total. The Hall–Kier alpha value is -0.0800. The Labute approximate surface area is 111 Å². The molecule has 4 fully saturated rings. The van der Waals surface area contributed by atoms with Crippen LogP contribution in [0.5, 0.6) is 0 Å². The third kappa shape index (κ3) is 1.76. The molecule has 18 heavy (non-hydrogen) atoms. The van der Waals surface area contributed by atoms with Gasteiger partial charge in [-0.2, -0.15) is 0 Å². The maximum absolute atomic E-state index is 4.07. The van der Waals surface area contributed by atoms with Crippen LogP contribution in [0.2, 0.25) is 0 Å². The Morgan fingerprint density at radius 2 is 1.83 bits per heavy atom. The fourth-order valence-electron chi connectivity index (χ4n) is 5.80. The molecule has 1 saturated heterocycles. The standard InChI is InChI=1S/C16H28N2/c1-10-9-17-6-5-15(10)18-16-8-11-7-14(16)13-4-2-3-12(11)13/h10-18H,2-9H2,1H3. The van der Waals surface area contributed by atoms with Crippen molar-refractivity contribution < 1.29 is 0 Å². The minimum Gasteiger partial charge on any atom is -0.316 e. The summed E-state index contributed by atoms with van der Waals surface area (Å²) in [6.45, 7) is 4.84. The van der Waals surface area contributed by atoms with E-state index in [0.717, 1.165) is 41.7 Å². The zero-order valence-electron chi connectivity index (χ0n) is 11.7. The summed E-state index contributed by atoms with van der Waals surface area (Å²) in [5.74, 6) is 5.20. The lowest BCUT2D eigenvalue weighted by molar-refractivity contribution is 0.174. The molecule has 0 radical (unpaired) electrons. The molecule has 1 aliphatic heterocycles. The Morgan fingerprint density at radius 3 is 2.72 bits per heavy atom. The van der Waals surface area contributed by atoms with Gasteiger partial charge in [0.25, 0.3) is 0 Å². The highest BCUT2D eigenvalue weighted by Gasteiger charge is 2.53. The summed E-state index contributed by atoms with van der Waals surface area (Å²) in [7, 11) is 0. The molecular formula is C16H28N2. The minimum absolute atomic E-state index is 0.787. The fourth-order valence-corrected chi connectivity index (χ4v) is 5.80. The van der Waals surface area contributed by atoms with E-state index < -0.39 is 0 Å². The summed E-state index contributed by atoms with van der Waals surface area (Å²) in [4.78, 5) is 0.